The Kier molecular flexibility index (Phi) is 6.74. The molecule has 1 amide bonds. The smallest absolute Gasteiger partial charge is 0.244 e. The fraction of sp³-hybridized carbons (Fsp3) is 0.0833. The molecule has 0 aliphatic rings. The van der Waals surface area contributed by atoms with E-state index in [0.29, 0.717) is 10.8 Å². The summed E-state index contributed by atoms with van der Waals surface area (Å²) in [5, 5.41) is 4.84. The molecule has 0 aliphatic carbocycles. The summed E-state index contributed by atoms with van der Waals surface area (Å²) >= 11 is 2.81. The van der Waals surface area contributed by atoms with Gasteiger partial charge in [0.15, 0.2) is 15.0 Å². The van der Waals surface area contributed by atoms with Crippen molar-refractivity contribution in [2.24, 2.45) is 0 Å². The summed E-state index contributed by atoms with van der Waals surface area (Å²) in [4.78, 5) is 19.0. The molecule has 0 saturated carbocycles. The van der Waals surface area contributed by atoms with Crippen LogP contribution < -0.4 is 5.32 Å². The van der Waals surface area contributed by atoms with E-state index in [-0.39, 0.29) is 10.8 Å². The molecule has 0 aliphatic heterocycles. The highest BCUT2D eigenvalue weighted by molar-refractivity contribution is 8.00. The number of amides is 1. The third kappa shape index (κ3) is 5.45. The lowest BCUT2D eigenvalue weighted by molar-refractivity contribution is -0.115. The molecule has 4 aromatic rings. The van der Waals surface area contributed by atoms with Crippen molar-refractivity contribution in [3.05, 3.63) is 95.9 Å². The van der Waals surface area contributed by atoms with Gasteiger partial charge in [-0.3, -0.25) is 4.79 Å². The number of carbonyl (C=O) groups excluding carboxylic acids is 1. The van der Waals surface area contributed by atoms with Gasteiger partial charge in [-0.1, -0.05) is 60.7 Å². The predicted molar refractivity (Wildman–Crippen MR) is 131 cm³/mol. The van der Waals surface area contributed by atoms with Crippen LogP contribution in [0.3, 0.4) is 0 Å². The second-order valence-electron chi connectivity index (χ2n) is 7.05. The van der Waals surface area contributed by atoms with Crippen LogP contribution in [-0.2, 0) is 14.6 Å². The Morgan fingerprint density at radius 2 is 1.56 bits per heavy atom. The third-order valence-corrected chi connectivity index (χ3v) is 7.80. The van der Waals surface area contributed by atoms with Crippen molar-refractivity contribution in [1.82, 2.24) is 4.98 Å². The maximum Gasteiger partial charge on any atom is 0.244 e. The van der Waals surface area contributed by atoms with Crippen molar-refractivity contribution in [3.63, 3.8) is 0 Å². The van der Waals surface area contributed by atoms with Crippen LogP contribution in [0.2, 0.25) is 0 Å². The molecular weight excluding hydrogens is 460 g/mol. The van der Waals surface area contributed by atoms with Gasteiger partial charge in [0.25, 0.3) is 0 Å². The summed E-state index contributed by atoms with van der Waals surface area (Å²) in [5.41, 5.74) is 2.37. The molecule has 162 valence electrons. The molecule has 0 unspecified atom stereocenters. The number of aromatic nitrogens is 1. The molecule has 0 spiro atoms. The molecule has 0 saturated heterocycles. The van der Waals surface area contributed by atoms with Gasteiger partial charge in [-0.2, -0.15) is 0 Å². The topological polar surface area (TPSA) is 76.1 Å². The van der Waals surface area contributed by atoms with Crippen LogP contribution in [0.4, 0.5) is 5.13 Å². The highest BCUT2D eigenvalue weighted by atomic mass is 32.2. The highest BCUT2D eigenvalue weighted by Gasteiger charge is 2.23. The molecule has 1 heterocycles. The molecule has 0 fully saturated rings. The van der Waals surface area contributed by atoms with E-state index in [1.165, 1.54) is 29.4 Å². The zero-order chi connectivity index (χ0) is 22.6. The van der Waals surface area contributed by atoms with Gasteiger partial charge < -0.3 is 5.32 Å². The maximum atomic E-state index is 13.2. The van der Waals surface area contributed by atoms with Crippen LogP contribution in [0.15, 0.2) is 100 Å². The number of hydrogen-bond donors (Lipinski definition) is 1. The van der Waals surface area contributed by atoms with Crippen molar-refractivity contribution >= 4 is 44.0 Å². The van der Waals surface area contributed by atoms with Crippen LogP contribution in [0.1, 0.15) is 10.8 Å². The summed E-state index contributed by atoms with van der Waals surface area (Å²) in [6, 6.07) is 26.0. The van der Waals surface area contributed by atoms with Gasteiger partial charge in [-0.05, 0) is 29.8 Å². The van der Waals surface area contributed by atoms with Crippen LogP contribution in [-0.4, -0.2) is 25.6 Å². The SMILES string of the molecule is CS(=O)(=O)c1ccc(-c2csc(NC(=O)[C@H](Sc3ccccc3)c3ccccc3)n2)cc1. The Hall–Kier alpha value is -2.94. The molecule has 8 heteroatoms. The fourth-order valence-electron chi connectivity index (χ4n) is 3.04. The van der Waals surface area contributed by atoms with Gasteiger partial charge in [0, 0.05) is 22.1 Å². The fourth-order valence-corrected chi connectivity index (χ4v) is 5.44. The lowest BCUT2D eigenvalue weighted by Crippen LogP contribution is -2.18. The van der Waals surface area contributed by atoms with E-state index in [2.05, 4.69) is 10.3 Å². The summed E-state index contributed by atoms with van der Waals surface area (Å²) in [6.45, 7) is 0. The van der Waals surface area contributed by atoms with E-state index in [1.54, 1.807) is 24.3 Å². The third-order valence-electron chi connectivity index (χ3n) is 4.65. The Morgan fingerprint density at radius 1 is 0.938 bits per heavy atom. The van der Waals surface area contributed by atoms with E-state index >= 15 is 0 Å². The minimum absolute atomic E-state index is 0.154. The Balaban J connectivity index is 1.53. The van der Waals surface area contributed by atoms with E-state index < -0.39 is 15.1 Å². The average molecular weight is 481 g/mol. The van der Waals surface area contributed by atoms with Crippen LogP contribution in [0, 0.1) is 0 Å². The number of nitrogens with zero attached hydrogens (tertiary/aromatic N) is 1. The number of carbonyl (C=O) groups is 1. The van der Waals surface area contributed by atoms with Gasteiger partial charge in [0.2, 0.25) is 5.91 Å². The first-order valence-electron chi connectivity index (χ1n) is 9.74. The lowest BCUT2D eigenvalue weighted by atomic mass is 10.1. The number of nitrogens with one attached hydrogen (secondary N) is 1. The zero-order valence-corrected chi connectivity index (χ0v) is 19.6. The van der Waals surface area contributed by atoms with Crippen molar-refractivity contribution in [2.45, 2.75) is 15.0 Å². The second kappa shape index (κ2) is 9.68. The van der Waals surface area contributed by atoms with E-state index in [1.807, 2.05) is 66.0 Å². The highest BCUT2D eigenvalue weighted by Crippen LogP contribution is 2.36. The predicted octanol–water partition coefficient (Wildman–Crippen LogP) is 5.69. The molecular formula is C24H20N2O3S3. The minimum Gasteiger partial charge on any atom is -0.301 e. The summed E-state index contributed by atoms with van der Waals surface area (Å²) in [6.07, 6.45) is 1.18. The first-order valence-corrected chi connectivity index (χ1v) is 13.4. The number of anilines is 1. The molecule has 3 aromatic carbocycles. The van der Waals surface area contributed by atoms with Crippen LogP contribution in [0.5, 0.6) is 0 Å². The van der Waals surface area contributed by atoms with E-state index in [0.717, 1.165) is 16.0 Å². The first-order chi connectivity index (χ1) is 15.4. The summed E-state index contributed by atoms with van der Waals surface area (Å²) in [7, 11) is -3.25. The van der Waals surface area contributed by atoms with Crippen LogP contribution in [0.25, 0.3) is 11.3 Å². The number of benzene rings is 3. The van der Waals surface area contributed by atoms with Gasteiger partial charge in [0.05, 0.1) is 10.6 Å². The molecule has 4 rings (SSSR count). The Bertz CT molecular complexity index is 1300. The van der Waals surface area contributed by atoms with Gasteiger partial charge in [0.1, 0.15) is 5.25 Å². The van der Waals surface area contributed by atoms with Crippen molar-refractivity contribution in [1.29, 1.82) is 0 Å². The number of sulfone groups is 1. The molecule has 32 heavy (non-hydrogen) atoms. The lowest BCUT2D eigenvalue weighted by Gasteiger charge is -2.16. The quantitative estimate of drug-likeness (QED) is 0.344. The standard InChI is InChI=1S/C24H20N2O3S3/c1-32(28,29)20-14-12-17(13-15-20)21-16-30-24(25-21)26-23(27)22(18-8-4-2-5-9-18)31-19-10-6-3-7-11-19/h2-16,22H,1H3,(H,25,26,27)/t22-/m1/s1. The molecule has 0 bridgehead atoms. The first kappa shape index (κ1) is 22.3. The molecule has 1 N–H and O–H groups in total. The number of thiazole rings is 1. The maximum absolute atomic E-state index is 13.2. The number of thioether (sulfide) groups is 1. The Morgan fingerprint density at radius 3 is 2.19 bits per heavy atom. The van der Waals surface area contributed by atoms with Crippen molar-refractivity contribution in [3.8, 4) is 11.3 Å². The Labute approximate surface area is 195 Å². The summed E-state index contributed by atoms with van der Waals surface area (Å²) in [5.74, 6) is -0.154. The van der Waals surface area contributed by atoms with E-state index in [4.69, 9.17) is 0 Å². The zero-order valence-electron chi connectivity index (χ0n) is 17.1. The molecule has 0 radical (unpaired) electrons. The summed E-state index contributed by atoms with van der Waals surface area (Å²) < 4.78 is 23.3. The average Bonchev–Trinajstić information content (AvgIpc) is 3.26. The van der Waals surface area contributed by atoms with Crippen molar-refractivity contribution < 1.29 is 13.2 Å². The molecule has 1 atom stereocenters. The van der Waals surface area contributed by atoms with E-state index in [9.17, 15) is 13.2 Å². The van der Waals surface area contributed by atoms with Gasteiger partial charge in [-0.25, -0.2) is 13.4 Å². The van der Waals surface area contributed by atoms with Crippen molar-refractivity contribution in [2.75, 3.05) is 11.6 Å². The minimum atomic E-state index is -3.25. The number of hydrogen-bond acceptors (Lipinski definition) is 6. The monoisotopic (exact) mass is 480 g/mol. The molecule has 5 nitrogen and oxygen atoms in total. The molecule has 1 aromatic heterocycles. The number of rotatable bonds is 7. The van der Waals surface area contributed by atoms with Gasteiger partial charge in [-0.15, -0.1) is 23.1 Å². The van der Waals surface area contributed by atoms with Crippen LogP contribution >= 0.6 is 23.1 Å². The second-order valence-corrected chi connectivity index (χ2v) is 11.1. The largest absolute Gasteiger partial charge is 0.301 e. The van der Waals surface area contributed by atoms with Gasteiger partial charge >= 0.3 is 0 Å². The normalized spacial score (nSPS) is 12.3.